The molecule has 0 radical (unpaired) electrons. The van der Waals surface area contributed by atoms with Crippen LogP contribution >= 0.6 is 0 Å². The molecule has 0 unspecified atom stereocenters. The van der Waals surface area contributed by atoms with Gasteiger partial charge >= 0.3 is 0 Å². The molecule has 0 spiro atoms. The van der Waals surface area contributed by atoms with Crippen LogP contribution in [0.5, 0.6) is 0 Å². The predicted octanol–water partition coefficient (Wildman–Crippen LogP) is 2.13. The van der Waals surface area contributed by atoms with Crippen LogP contribution < -0.4 is 5.32 Å². The number of nitrogens with one attached hydrogen (secondary N) is 1. The van der Waals surface area contributed by atoms with E-state index in [0.717, 1.165) is 25.6 Å². The second-order valence-corrected chi connectivity index (χ2v) is 6.16. The van der Waals surface area contributed by atoms with Crippen molar-refractivity contribution in [2.75, 3.05) is 26.2 Å². The van der Waals surface area contributed by atoms with Gasteiger partial charge in [-0.3, -0.25) is 4.79 Å². The van der Waals surface area contributed by atoms with Crippen LogP contribution in [0.25, 0.3) is 0 Å². The first-order chi connectivity index (χ1) is 7.99. The summed E-state index contributed by atoms with van der Waals surface area (Å²) in [6.07, 6.45) is 2.67. The Morgan fingerprint density at radius 2 is 1.71 bits per heavy atom. The first-order valence-electron chi connectivity index (χ1n) is 6.97. The molecule has 17 heavy (non-hydrogen) atoms. The molecule has 1 fully saturated rings. The van der Waals surface area contributed by atoms with Gasteiger partial charge in [-0.15, -0.1) is 0 Å². The Kier molecular flexibility index (Phi) is 5.96. The van der Waals surface area contributed by atoms with Gasteiger partial charge in [-0.1, -0.05) is 27.7 Å². The van der Waals surface area contributed by atoms with E-state index in [-0.39, 0.29) is 5.91 Å². The van der Waals surface area contributed by atoms with Crippen LogP contribution in [-0.4, -0.2) is 37.0 Å². The van der Waals surface area contributed by atoms with Gasteiger partial charge in [0.05, 0.1) is 6.54 Å². The highest BCUT2D eigenvalue weighted by atomic mass is 16.2. The largest absolute Gasteiger partial charge is 0.341 e. The van der Waals surface area contributed by atoms with Gasteiger partial charge in [0.1, 0.15) is 0 Å². The van der Waals surface area contributed by atoms with E-state index in [2.05, 4.69) is 33.0 Å². The summed E-state index contributed by atoms with van der Waals surface area (Å²) in [6, 6.07) is 0. The molecule has 0 aromatic heterocycles. The summed E-state index contributed by atoms with van der Waals surface area (Å²) in [6.45, 7) is 11.9. The van der Waals surface area contributed by atoms with E-state index in [0.29, 0.717) is 18.4 Å². The summed E-state index contributed by atoms with van der Waals surface area (Å²) < 4.78 is 0. The zero-order chi connectivity index (χ0) is 12.8. The molecule has 0 atom stereocenters. The SMILES string of the molecule is CC(C)CN(CC(C)C)C(=O)CNCC1CC1. The molecule has 0 aromatic carbocycles. The van der Waals surface area contributed by atoms with E-state index in [1.165, 1.54) is 12.8 Å². The van der Waals surface area contributed by atoms with Crippen LogP contribution in [0.1, 0.15) is 40.5 Å². The first kappa shape index (κ1) is 14.5. The second-order valence-electron chi connectivity index (χ2n) is 6.16. The van der Waals surface area contributed by atoms with Crippen molar-refractivity contribution < 1.29 is 4.79 Å². The minimum Gasteiger partial charge on any atom is -0.341 e. The smallest absolute Gasteiger partial charge is 0.236 e. The maximum Gasteiger partial charge on any atom is 0.236 e. The molecule has 1 N–H and O–H groups in total. The van der Waals surface area contributed by atoms with Crippen molar-refractivity contribution >= 4 is 5.91 Å². The van der Waals surface area contributed by atoms with Gasteiger partial charge < -0.3 is 10.2 Å². The van der Waals surface area contributed by atoms with Gasteiger partial charge in [0.25, 0.3) is 0 Å². The third-order valence-corrected chi connectivity index (χ3v) is 2.93. The summed E-state index contributed by atoms with van der Waals surface area (Å²) in [4.78, 5) is 14.1. The Morgan fingerprint density at radius 3 is 2.12 bits per heavy atom. The summed E-state index contributed by atoms with van der Waals surface area (Å²) in [7, 11) is 0. The summed E-state index contributed by atoms with van der Waals surface area (Å²) >= 11 is 0. The van der Waals surface area contributed by atoms with E-state index in [4.69, 9.17) is 0 Å². The Labute approximate surface area is 106 Å². The lowest BCUT2D eigenvalue weighted by Gasteiger charge is -2.26. The van der Waals surface area contributed by atoms with E-state index in [1.807, 2.05) is 4.90 Å². The lowest BCUT2D eigenvalue weighted by molar-refractivity contribution is -0.131. The molecule has 0 heterocycles. The van der Waals surface area contributed by atoms with Gasteiger partial charge in [-0.25, -0.2) is 0 Å². The van der Waals surface area contributed by atoms with E-state index in [9.17, 15) is 4.79 Å². The standard InChI is InChI=1S/C14H28N2O/c1-11(2)9-16(10-12(3)4)14(17)8-15-7-13-5-6-13/h11-13,15H,5-10H2,1-4H3. The zero-order valence-corrected chi connectivity index (χ0v) is 11.8. The fraction of sp³-hybridized carbons (Fsp3) is 0.929. The van der Waals surface area contributed by atoms with E-state index < -0.39 is 0 Å². The third-order valence-electron chi connectivity index (χ3n) is 2.93. The Bertz CT molecular complexity index is 224. The Balaban J connectivity index is 2.28. The van der Waals surface area contributed by atoms with Crippen molar-refractivity contribution in [2.24, 2.45) is 17.8 Å². The summed E-state index contributed by atoms with van der Waals surface area (Å²) in [5.74, 6) is 2.18. The molecule has 3 heteroatoms. The minimum absolute atomic E-state index is 0.257. The fourth-order valence-corrected chi connectivity index (χ4v) is 1.98. The molecule has 0 aliphatic heterocycles. The molecule has 1 rings (SSSR count). The average molecular weight is 240 g/mol. The van der Waals surface area contributed by atoms with Gasteiger partial charge in [-0.2, -0.15) is 0 Å². The van der Waals surface area contributed by atoms with Crippen LogP contribution in [0.3, 0.4) is 0 Å². The molecule has 3 nitrogen and oxygen atoms in total. The topological polar surface area (TPSA) is 32.3 Å². The molecule has 100 valence electrons. The molecule has 1 aliphatic rings. The lowest BCUT2D eigenvalue weighted by atomic mass is 10.1. The molecule has 0 saturated heterocycles. The van der Waals surface area contributed by atoms with Crippen LogP contribution in [0, 0.1) is 17.8 Å². The normalized spacial score (nSPS) is 15.6. The number of rotatable bonds is 8. The van der Waals surface area contributed by atoms with Crippen molar-refractivity contribution in [3.8, 4) is 0 Å². The first-order valence-corrected chi connectivity index (χ1v) is 6.97. The van der Waals surface area contributed by atoms with Crippen molar-refractivity contribution in [3.05, 3.63) is 0 Å². The fourth-order valence-electron chi connectivity index (χ4n) is 1.98. The molecule has 0 bridgehead atoms. The molecular weight excluding hydrogens is 212 g/mol. The molecule has 1 aliphatic carbocycles. The van der Waals surface area contributed by atoms with Crippen molar-refractivity contribution in [3.63, 3.8) is 0 Å². The second kappa shape index (κ2) is 7.00. The summed E-state index contributed by atoms with van der Waals surface area (Å²) in [5, 5.41) is 3.28. The molecule has 1 amide bonds. The van der Waals surface area contributed by atoms with Gasteiger partial charge in [-0.05, 0) is 37.1 Å². The van der Waals surface area contributed by atoms with E-state index >= 15 is 0 Å². The van der Waals surface area contributed by atoms with Crippen molar-refractivity contribution in [2.45, 2.75) is 40.5 Å². The summed E-state index contributed by atoms with van der Waals surface area (Å²) in [5.41, 5.74) is 0. The third kappa shape index (κ3) is 6.67. The Hall–Kier alpha value is -0.570. The lowest BCUT2D eigenvalue weighted by Crippen LogP contribution is -2.42. The quantitative estimate of drug-likeness (QED) is 0.705. The highest BCUT2D eigenvalue weighted by Crippen LogP contribution is 2.27. The van der Waals surface area contributed by atoms with Gasteiger partial charge in [0.2, 0.25) is 5.91 Å². The Morgan fingerprint density at radius 1 is 1.18 bits per heavy atom. The number of amides is 1. The predicted molar refractivity (Wildman–Crippen MR) is 71.8 cm³/mol. The average Bonchev–Trinajstić information content (AvgIpc) is 2.99. The number of hydrogen-bond donors (Lipinski definition) is 1. The maximum absolute atomic E-state index is 12.1. The number of hydrogen-bond acceptors (Lipinski definition) is 2. The maximum atomic E-state index is 12.1. The van der Waals surface area contributed by atoms with Crippen LogP contribution in [0.4, 0.5) is 0 Å². The molecule has 0 aromatic rings. The zero-order valence-electron chi connectivity index (χ0n) is 11.8. The number of carbonyl (C=O) groups is 1. The van der Waals surface area contributed by atoms with Crippen LogP contribution in [0.2, 0.25) is 0 Å². The van der Waals surface area contributed by atoms with Crippen LogP contribution in [0.15, 0.2) is 0 Å². The molecular formula is C14H28N2O. The monoisotopic (exact) mass is 240 g/mol. The van der Waals surface area contributed by atoms with Gasteiger partial charge in [0, 0.05) is 13.1 Å². The van der Waals surface area contributed by atoms with Crippen LogP contribution in [-0.2, 0) is 4.79 Å². The highest BCUT2D eigenvalue weighted by Gasteiger charge is 2.21. The van der Waals surface area contributed by atoms with E-state index in [1.54, 1.807) is 0 Å². The minimum atomic E-state index is 0.257. The number of carbonyl (C=O) groups excluding carboxylic acids is 1. The highest BCUT2D eigenvalue weighted by molar-refractivity contribution is 5.78. The number of nitrogens with zero attached hydrogens (tertiary/aromatic N) is 1. The van der Waals surface area contributed by atoms with Crippen molar-refractivity contribution in [1.29, 1.82) is 0 Å². The van der Waals surface area contributed by atoms with Crippen molar-refractivity contribution in [1.82, 2.24) is 10.2 Å². The molecule has 1 saturated carbocycles. The van der Waals surface area contributed by atoms with Gasteiger partial charge in [0.15, 0.2) is 0 Å².